The molecule has 0 bridgehead atoms. The molecule has 1 atom stereocenters. The SMILES string of the molecule is O=C(CCC(F)(F)F)N1CC[C@@H](C2CCN(Cc3cccnc3)CC2)C1. The summed E-state index contributed by atoms with van der Waals surface area (Å²) in [4.78, 5) is 20.2. The van der Waals surface area contributed by atoms with Crippen LogP contribution in [-0.2, 0) is 11.3 Å². The average molecular weight is 369 g/mol. The van der Waals surface area contributed by atoms with Crippen LogP contribution in [0.5, 0.6) is 0 Å². The van der Waals surface area contributed by atoms with Crippen LogP contribution in [-0.4, -0.2) is 53.0 Å². The Morgan fingerprint density at radius 3 is 2.54 bits per heavy atom. The lowest BCUT2D eigenvalue weighted by Gasteiger charge is -2.34. The topological polar surface area (TPSA) is 36.4 Å². The number of rotatable bonds is 5. The van der Waals surface area contributed by atoms with Crippen molar-refractivity contribution in [1.29, 1.82) is 0 Å². The molecule has 4 nitrogen and oxygen atoms in total. The molecule has 26 heavy (non-hydrogen) atoms. The Bertz CT molecular complexity index is 585. The maximum absolute atomic E-state index is 12.3. The lowest BCUT2D eigenvalue weighted by molar-refractivity contribution is -0.148. The van der Waals surface area contributed by atoms with Crippen molar-refractivity contribution in [3.05, 3.63) is 30.1 Å². The predicted octanol–water partition coefficient (Wildman–Crippen LogP) is 3.48. The minimum atomic E-state index is -4.25. The van der Waals surface area contributed by atoms with E-state index in [2.05, 4.69) is 16.0 Å². The third-order valence-electron chi connectivity index (χ3n) is 5.63. The number of piperidine rings is 1. The van der Waals surface area contributed by atoms with Crippen LogP contribution in [0.4, 0.5) is 13.2 Å². The summed E-state index contributed by atoms with van der Waals surface area (Å²) in [5.41, 5.74) is 1.22. The van der Waals surface area contributed by atoms with Crippen LogP contribution < -0.4 is 0 Å². The van der Waals surface area contributed by atoms with E-state index in [1.807, 2.05) is 12.3 Å². The lowest BCUT2D eigenvalue weighted by Crippen LogP contribution is -2.37. The first-order chi connectivity index (χ1) is 12.4. The molecule has 2 aliphatic rings. The second kappa shape index (κ2) is 8.37. The monoisotopic (exact) mass is 369 g/mol. The van der Waals surface area contributed by atoms with Crippen LogP contribution in [0, 0.1) is 11.8 Å². The number of likely N-dealkylation sites (tertiary alicyclic amines) is 2. The molecule has 2 fully saturated rings. The van der Waals surface area contributed by atoms with Crippen LogP contribution in [0.25, 0.3) is 0 Å². The van der Waals surface area contributed by atoms with Gasteiger partial charge in [-0.05, 0) is 55.8 Å². The average Bonchev–Trinajstić information content (AvgIpc) is 3.11. The zero-order valence-electron chi connectivity index (χ0n) is 14.9. The normalized spacial score (nSPS) is 22.7. The van der Waals surface area contributed by atoms with Crippen molar-refractivity contribution in [1.82, 2.24) is 14.8 Å². The molecule has 3 heterocycles. The van der Waals surface area contributed by atoms with Gasteiger partial charge in [0.15, 0.2) is 0 Å². The highest BCUT2D eigenvalue weighted by Gasteiger charge is 2.35. The molecular weight excluding hydrogens is 343 g/mol. The fraction of sp³-hybridized carbons (Fsp3) is 0.684. The standard InChI is InChI=1S/C19H26F3N3O/c20-19(21,22)7-3-18(26)25-11-6-17(14-25)16-4-9-24(10-5-16)13-15-2-1-8-23-12-15/h1-2,8,12,16-17H,3-7,9-11,13-14H2/t17-/m1/s1. The number of halogens is 3. The van der Waals surface area contributed by atoms with E-state index in [4.69, 9.17) is 0 Å². The second-order valence-corrected chi connectivity index (χ2v) is 7.48. The maximum atomic E-state index is 12.3. The molecule has 3 rings (SSSR count). The molecule has 1 amide bonds. The number of pyridine rings is 1. The highest BCUT2D eigenvalue weighted by molar-refractivity contribution is 5.76. The van der Waals surface area contributed by atoms with Crippen LogP contribution >= 0.6 is 0 Å². The smallest absolute Gasteiger partial charge is 0.342 e. The summed E-state index contributed by atoms with van der Waals surface area (Å²) in [6.45, 7) is 4.20. The van der Waals surface area contributed by atoms with Gasteiger partial charge in [0.1, 0.15) is 0 Å². The summed E-state index contributed by atoms with van der Waals surface area (Å²) in [6, 6.07) is 4.03. The molecule has 2 saturated heterocycles. The highest BCUT2D eigenvalue weighted by atomic mass is 19.4. The van der Waals surface area contributed by atoms with Crippen LogP contribution in [0.2, 0.25) is 0 Å². The molecular formula is C19H26F3N3O. The van der Waals surface area contributed by atoms with E-state index in [0.29, 0.717) is 24.9 Å². The Hall–Kier alpha value is -1.63. The first-order valence-electron chi connectivity index (χ1n) is 9.36. The van der Waals surface area contributed by atoms with E-state index in [-0.39, 0.29) is 5.91 Å². The number of aromatic nitrogens is 1. The van der Waals surface area contributed by atoms with Gasteiger partial charge in [-0.15, -0.1) is 0 Å². The van der Waals surface area contributed by atoms with E-state index in [1.54, 1.807) is 11.1 Å². The van der Waals surface area contributed by atoms with Crippen LogP contribution in [0.1, 0.15) is 37.7 Å². The van der Waals surface area contributed by atoms with Gasteiger partial charge in [-0.1, -0.05) is 6.07 Å². The summed E-state index contributed by atoms with van der Waals surface area (Å²) in [5, 5.41) is 0. The first-order valence-corrected chi connectivity index (χ1v) is 9.36. The minimum absolute atomic E-state index is 0.348. The van der Waals surface area contributed by atoms with Crippen molar-refractivity contribution in [2.24, 2.45) is 11.8 Å². The highest BCUT2D eigenvalue weighted by Crippen LogP contribution is 2.33. The summed E-state index contributed by atoms with van der Waals surface area (Å²) in [5.74, 6) is 0.657. The third kappa shape index (κ3) is 5.43. The summed E-state index contributed by atoms with van der Waals surface area (Å²) in [6.07, 6.45) is 1.09. The molecule has 0 unspecified atom stereocenters. The Kier molecular flexibility index (Phi) is 6.16. The van der Waals surface area contributed by atoms with E-state index < -0.39 is 19.0 Å². The summed E-state index contributed by atoms with van der Waals surface area (Å²) < 4.78 is 36.9. The minimum Gasteiger partial charge on any atom is -0.342 e. The number of carbonyl (C=O) groups is 1. The summed E-state index contributed by atoms with van der Waals surface area (Å²) >= 11 is 0. The molecule has 0 aromatic carbocycles. The van der Waals surface area contributed by atoms with Gasteiger partial charge >= 0.3 is 6.18 Å². The first kappa shape index (κ1) is 19.1. The predicted molar refractivity (Wildman–Crippen MR) is 92.2 cm³/mol. The number of carbonyl (C=O) groups excluding carboxylic acids is 1. The molecule has 1 aromatic rings. The van der Waals surface area contributed by atoms with Gasteiger partial charge in [0.2, 0.25) is 5.91 Å². The largest absolute Gasteiger partial charge is 0.389 e. The van der Waals surface area contributed by atoms with Crippen molar-refractivity contribution in [3.8, 4) is 0 Å². The third-order valence-corrected chi connectivity index (χ3v) is 5.63. The maximum Gasteiger partial charge on any atom is 0.389 e. The molecule has 7 heteroatoms. The Morgan fingerprint density at radius 1 is 1.15 bits per heavy atom. The number of hydrogen-bond acceptors (Lipinski definition) is 3. The molecule has 144 valence electrons. The van der Waals surface area contributed by atoms with E-state index in [1.165, 1.54) is 5.56 Å². The van der Waals surface area contributed by atoms with Crippen LogP contribution in [0.3, 0.4) is 0 Å². The van der Waals surface area contributed by atoms with Crippen molar-refractivity contribution in [2.75, 3.05) is 26.2 Å². The van der Waals surface area contributed by atoms with Gasteiger partial charge in [-0.3, -0.25) is 14.7 Å². The zero-order valence-corrected chi connectivity index (χ0v) is 14.9. The molecule has 0 aliphatic carbocycles. The van der Waals surface area contributed by atoms with E-state index in [0.717, 1.165) is 38.9 Å². The fourth-order valence-electron chi connectivity index (χ4n) is 4.14. The van der Waals surface area contributed by atoms with Crippen LogP contribution in [0.15, 0.2) is 24.5 Å². The van der Waals surface area contributed by atoms with Gasteiger partial charge in [-0.2, -0.15) is 13.2 Å². The quantitative estimate of drug-likeness (QED) is 0.797. The summed E-state index contributed by atoms with van der Waals surface area (Å²) in [7, 11) is 0. The fourth-order valence-corrected chi connectivity index (χ4v) is 4.14. The van der Waals surface area contributed by atoms with Crippen molar-refractivity contribution in [3.63, 3.8) is 0 Å². The molecule has 0 saturated carbocycles. The molecule has 1 aromatic heterocycles. The number of nitrogens with zero attached hydrogens (tertiary/aromatic N) is 3. The second-order valence-electron chi connectivity index (χ2n) is 7.48. The van der Waals surface area contributed by atoms with Gasteiger partial charge < -0.3 is 4.90 Å². The van der Waals surface area contributed by atoms with Gasteiger partial charge in [0.25, 0.3) is 0 Å². The molecule has 0 N–H and O–H groups in total. The van der Waals surface area contributed by atoms with Crippen molar-refractivity contribution in [2.45, 2.75) is 44.8 Å². The van der Waals surface area contributed by atoms with Crippen molar-refractivity contribution >= 4 is 5.91 Å². The number of alkyl halides is 3. The molecule has 0 radical (unpaired) electrons. The van der Waals surface area contributed by atoms with Gasteiger partial charge in [0, 0.05) is 38.4 Å². The zero-order chi connectivity index (χ0) is 18.6. The Balaban J connectivity index is 1.41. The Morgan fingerprint density at radius 2 is 1.88 bits per heavy atom. The lowest BCUT2D eigenvalue weighted by atomic mass is 9.83. The van der Waals surface area contributed by atoms with Crippen molar-refractivity contribution < 1.29 is 18.0 Å². The molecule has 2 aliphatic heterocycles. The van der Waals surface area contributed by atoms with Gasteiger partial charge in [0.05, 0.1) is 6.42 Å². The molecule has 0 spiro atoms. The Labute approximate surface area is 152 Å². The van der Waals surface area contributed by atoms with Gasteiger partial charge in [-0.25, -0.2) is 0 Å². The van der Waals surface area contributed by atoms with E-state index >= 15 is 0 Å². The number of amides is 1. The van der Waals surface area contributed by atoms with E-state index in [9.17, 15) is 18.0 Å². The number of hydrogen-bond donors (Lipinski definition) is 0.